The Morgan fingerprint density at radius 1 is 1.29 bits per heavy atom. The molecule has 2 aromatic rings. The lowest BCUT2D eigenvalue weighted by Gasteiger charge is -2.02. The average molecular weight is 309 g/mol. The van der Waals surface area contributed by atoms with E-state index in [1.54, 1.807) is 29.1 Å². The van der Waals surface area contributed by atoms with Crippen molar-refractivity contribution < 1.29 is 26.7 Å². The van der Waals surface area contributed by atoms with Crippen molar-refractivity contribution in [3.63, 3.8) is 0 Å². The average Bonchev–Trinajstić information content (AvgIpc) is 2.39. The predicted molar refractivity (Wildman–Crippen MR) is 72.8 cm³/mol. The van der Waals surface area contributed by atoms with Crippen LogP contribution in [0.3, 0.4) is 0 Å². The van der Waals surface area contributed by atoms with Crippen LogP contribution in [-0.2, 0) is 11.3 Å². The number of halogens is 1. The van der Waals surface area contributed by atoms with Crippen LogP contribution in [0.1, 0.15) is 0 Å². The van der Waals surface area contributed by atoms with Gasteiger partial charge in [-0.1, -0.05) is 0 Å². The third kappa shape index (κ3) is 4.73. The van der Waals surface area contributed by atoms with Crippen LogP contribution in [0.25, 0.3) is 0 Å². The maximum Gasteiger partial charge on any atom is 0.290 e. The lowest BCUT2D eigenvalue weighted by atomic mass is 10.3. The van der Waals surface area contributed by atoms with E-state index >= 15 is 0 Å². The van der Waals surface area contributed by atoms with Crippen LogP contribution in [0.4, 0.5) is 17.1 Å². The van der Waals surface area contributed by atoms with Crippen molar-refractivity contribution in [2.75, 3.05) is 11.1 Å². The number of nitrogens with two attached hydrogens (primary N) is 1. The van der Waals surface area contributed by atoms with E-state index in [2.05, 4.69) is 5.32 Å². The van der Waals surface area contributed by atoms with Crippen LogP contribution in [0, 0.1) is 10.1 Å². The Hall–Kier alpha value is -2.67. The minimum atomic E-state index is -0.492. The van der Waals surface area contributed by atoms with Crippen molar-refractivity contribution in [2.45, 2.75) is 6.54 Å². The Labute approximate surface area is 127 Å². The number of aromatic nitrogens is 1. The van der Waals surface area contributed by atoms with E-state index < -0.39 is 4.92 Å². The molecule has 1 heterocycles. The molecule has 0 aliphatic rings. The molecule has 0 unspecified atom stereocenters. The molecule has 0 atom stereocenters. The Balaban J connectivity index is 0.00000220. The molecule has 110 valence electrons. The van der Waals surface area contributed by atoms with E-state index in [9.17, 15) is 14.9 Å². The molecule has 0 bridgehead atoms. The van der Waals surface area contributed by atoms with Gasteiger partial charge in [-0.3, -0.25) is 14.9 Å². The summed E-state index contributed by atoms with van der Waals surface area (Å²) >= 11 is 0. The third-order valence-corrected chi connectivity index (χ3v) is 2.57. The van der Waals surface area contributed by atoms with Gasteiger partial charge in [-0.25, -0.2) is 0 Å². The van der Waals surface area contributed by atoms with Crippen molar-refractivity contribution in [2.24, 2.45) is 0 Å². The van der Waals surface area contributed by atoms with Crippen molar-refractivity contribution in [1.82, 2.24) is 0 Å². The van der Waals surface area contributed by atoms with Gasteiger partial charge in [-0.05, 0) is 18.2 Å². The number of nitrogens with one attached hydrogen (secondary N) is 1. The Morgan fingerprint density at radius 2 is 1.95 bits per heavy atom. The zero-order valence-corrected chi connectivity index (χ0v) is 11.7. The minimum absolute atomic E-state index is 0. The van der Waals surface area contributed by atoms with Crippen LogP contribution in [0.2, 0.25) is 0 Å². The Bertz CT molecular complexity index is 646. The summed E-state index contributed by atoms with van der Waals surface area (Å²) in [6, 6.07) is 9.12. The normalized spacial score (nSPS) is 9.52. The molecule has 0 radical (unpaired) electrons. The zero-order valence-electron chi connectivity index (χ0n) is 10.9. The smallest absolute Gasteiger partial charge is 0.290 e. The Kier molecular flexibility index (Phi) is 5.62. The summed E-state index contributed by atoms with van der Waals surface area (Å²) in [4.78, 5) is 21.8. The number of carbonyl (C=O) groups is 1. The highest BCUT2D eigenvalue weighted by atomic mass is 35.5. The standard InChI is InChI=1S/C13H12N4O3.ClH/c14-10-2-1-7-16(8-10)9-13(18)15-11-3-5-12(6-4-11)17(19)20;/h1-8H,9,14H2;1H. The largest absolute Gasteiger partial charge is 1.00 e. The van der Waals surface area contributed by atoms with Crippen LogP contribution in [-0.4, -0.2) is 10.8 Å². The monoisotopic (exact) mass is 308 g/mol. The van der Waals surface area contributed by atoms with Gasteiger partial charge in [0.2, 0.25) is 6.54 Å². The second-order valence-electron chi connectivity index (χ2n) is 4.16. The number of nitrogens with zero attached hydrogens (tertiary/aromatic N) is 2. The molecule has 8 heteroatoms. The highest BCUT2D eigenvalue weighted by molar-refractivity contribution is 5.89. The van der Waals surface area contributed by atoms with Gasteiger partial charge >= 0.3 is 0 Å². The quantitative estimate of drug-likeness (QED) is 0.391. The first-order valence-corrected chi connectivity index (χ1v) is 5.83. The van der Waals surface area contributed by atoms with Gasteiger partial charge < -0.3 is 23.5 Å². The van der Waals surface area contributed by atoms with Crippen molar-refractivity contribution in [1.29, 1.82) is 0 Å². The first-order valence-electron chi connectivity index (χ1n) is 5.83. The van der Waals surface area contributed by atoms with Gasteiger partial charge in [-0.2, -0.15) is 4.57 Å². The van der Waals surface area contributed by atoms with Gasteiger partial charge in [0.1, 0.15) is 0 Å². The fourth-order valence-electron chi connectivity index (χ4n) is 1.67. The number of carbonyl (C=O) groups excluding carboxylic acids is 1. The maximum atomic E-state index is 11.8. The molecule has 1 aromatic carbocycles. The molecule has 1 aromatic heterocycles. The number of pyridine rings is 1. The topological polar surface area (TPSA) is 102 Å². The molecule has 0 aliphatic carbocycles. The lowest BCUT2D eigenvalue weighted by Crippen LogP contribution is -3.00. The summed E-state index contributed by atoms with van der Waals surface area (Å²) in [5.74, 6) is -0.241. The van der Waals surface area contributed by atoms with E-state index in [0.717, 1.165) is 0 Å². The van der Waals surface area contributed by atoms with Crippen molar-refractivity contribution in [3.8, 4) is 0 Å². The molecular weight excluding hydrogens is 296 g/mol. The summed E-state index contributed by atoms with van der Waals surface area (Å²) in [5, 5.41) is 13.2. The number of hydrogen-bond donors (Lipinski definition) is 2. The molecule has 21 heavy (non-hydrogen) atoms. The maximum absolute atomic E-state index is 11.8. The molecule has 2 rings (SSSR count). The van der Waals surface area contributed by atoms with Crippen LogP contribution in [0.15, 0.2) is 48.8 Å². The number of hydrogen-bond acceptors (Lipinski definition) is 4. The van der Waals surface area contributed by atoms with Crippen molar-refractivity contribution in [3.05, 3.63) is 58.9 Å². The van der Waals surface area contributed by atoms with E-state index in [1.165, 1.54) is 24.3 Å². The highest BCUT2D eigenvalue weighted by Crippen LogP contribution is 2.15. The van der Waals surface area contributed by atoms with Crippen LogP contribution in [0.5, 0.6) is 0 Å². The number of rotatable bonds is 4. The number of nitrogen functional groups attached to an aromatic ring is 1. The molecule has 0 spiro atoms. The predicted octanol–water partition coefficient (Wildman–Crippen LogP) is -1.89. The van der Waals surface area contributed by atoms with E-state index in [1.807, 2.05) is 0 Å². The van der Waals surface area contributed by atoms with Gasteiger partial charge in [0.25, 0.3) is 11.6 Å². The van der Waals surface area contributed by atoms with E-state index in [4.69, 9.17) is 5.73 Å². The number of benzene rings is 1. The fraction of sp³-hybridized carbons (Fsp3) is 0.0769. The summed E-state index contributed by atoms with van der Waals surface area (Å²) in [5.41, 5.74) is 6.67. The van der Waals surface area contributed by atoms with Gasteiger partial charge in [0.05, 0.1) is 10.6 Å². The molecule has 0 fully saturated rings. The molecule has 7 nitrogen and oxygen atoms in total. The minimum Gasteiger partial charge on any atom is -1.00 e. The lowest BCUT2D eigenvalue weighted by molar-refractivity contribution is -0.683. The number of nitro benzene ring substituents is 1. The van der Waals surface area contributed by atoms with Gasteiger partial charge in [-0.15, -0.1) is 0 Å². The van der Waals surface area contributed by atoms with Crippen molar-refractivity contribution >= 4 is 23.0 Å². The summed E-state index contributed by atoms with van der Waals surface area (Å²) < 4.78 is 1.65. The number of non-ortho nitro benzene ring substituents is 1. The van der Waals surface area contributed by atoms with E-state index in [0.29, 0.717) is 11.4 Å². The second-order valence-corrected chi connectivity index (χ2v) is 4.16. The zero-order chi connectivity index (χ0) is 14.5. The first-order chi connectivity index (χ1) is 9.54. The molecule has 0 saturated carbocycles. The van der Waals surface area contributed by atoms with Crippen LogP contribution < -0.4 is 28.0 Å². The second kappa shape index (κ2) is 7.20. The molecule has 0 saturated heterocycles. The summed E-state index contributed by atoms with van der Waals surface area (Å²) in [7, 11) is 0. The summed E-state index contributed by atoms with van der Waals surface area (Å²) in [6.07, 6.45) is 3.38. The number of nitro groups is 1. The SMILES string of the molecule is Nc1ccc[n+](CC(=O)Nc2ccc([N+](=O)[O-])cc2)c1.[Cl-]. The molecule has 1 amide bonds. The number of anilines is 2. The first kappa shape index (κ1) is 16.4. The summed E-state index contributed by atoms with van der Waals surface area (Å²) in [6.45, 7) is 0.113. The third-order valence-electron chi connectivity index (χ3n) is 2.57. The highest BCUT2D eigenvalue weighted by Gasteiger charge is 2.11. The molecule has 3 N–H and O–H groups in total. The Morgan fingerprint density at radius 3 is 2.52 bits per heavy atom. The fourth-order valence-corrected chi connectivity index (χ4v) is 1.67. The van der Waals surface area contributed by atoms with Crippen LogP contribution >= 0.6 is 0 Å². The van der Waals surface area contributed by atoms with Gasteiger partial charge in [0, 0.05) is 23.9 Å². The van der Waals surface area contributed by atoms with E-state index in [-0.39, 0.29) is 30.5 Å². The van der Waals surface area contributed by atoms with Gasteiger partial charge in [0.15, 0.2) is 12.4 Å². The molecular formula is C13H13ClN4O3. The molecule has 0 aliphatic heterocycles. The number of amides is 1.